The zero-order valence-corrected chi connectivity index (χ0v) is 33.2. The summed E-state index contributed by atoms with van der Waals surface area (Å²) < 4.78 is 21.1. The molecule has 0 spiro atoms. The van der Waals surface area contributed by atoms with Gasteiger partial charge in [0.05, 0.1) is 0 Å². The molecule has 0 atom stereocenters. The first kappa shape index (κ1) is 75.3. The molecule has 0 aromatic rings. The molecule has 0 bridgehead atoms. The predicted molar refractivity (Wildman–Crippen MR) is 28.9 cm³/mol. The van der Waals surface area contributed by atoms with Crippen LogP contribution in [0, 0.1) is 0 Å². The van der Waals surface area contributed by atoms with Crippen LogP contribution in [0.3, 0.4) is 0 Å². The number of hydrogen-bond acceptors (Lipinski definition) is 4. The van der Waals surface area contributed by atoms with Gasteiger partial charge in [0.2, 0.25) is 0 Å². The Kier molecular flexibility index (Phi) is 138. The second-order valence-corrected chi connectivity index (χ2v) is 1.00. The molecule has 14 heavy (non-hydrogen) atoms. The van der Waals surface area contributed by atoms with Gasteiger partial charge < -0.3 is 20.4 Å². The Bertz CT molecular complexity index is 132. The molecule has 0 heterocycles. The van der Waals surface area contributed by atoms with Crippen LogP contribution < -0.4 is 0 Å². The average Bonchev–Trinajstić information content (AvgIpc) is 1.63. The van der Waals surface area contributed by atoms with Crippen LogP contribution in [-0.4, -0.2) is 20.4 Å². The molecule has 0 saturated carbocycles. The van der Waals surface area contributed by atoms with Crippen molar-refractivity contribution in [1.29, 1.82) is 0 Å². The normalized spacial score (nSPS) is 5.00. The van der Waals surface area contributed by atoms with Crippen molar-refractivity contribution in [3.8, 4) is 0 Å². The largest absolute Gasteiger partial charge is 0.482 e. The zero-order chi connectivity index (χ0) is 8.73. The molecule has 0 unspecified atom stereocenters. The Morgan fingerprint density at radius 1 is 0.786 bits per heavy atom. The summed E-state index contributed by atoms with van der Waals surface area (Å²) >= 11 is 0. The molecular formula is C4H6F2O4Rf4. The summed E-state index contributed by atoms with van der Waals surface area (Å²) in [5.41, 5.74) is 0. The number of aliphatic hydroxyl groups is 4. The Morgan fingerprint density at radius 2 is 0.857 bits per heavy atom. The first-order valence-corrected chi connectivity index (χ1v) is 1.88. The molecule has 0 fully saturated rings. The number of halogens is 2. The first-order chi connectivity index (χ1) is 4.37. The van der Waals surface area contributed by atoms with E-state index < -0.39 is 18.0 Å². The summed E-state index contributed by atoms with van der Waals surface area (Å²) in [6, 6.07) is 0. The maximum Gasteiger partial charge on any atom is 0.349 e. The van der Waals surface area contributed by atoms with Crippen molar-refractivity contribution in [3.05, 3.63) is 24.6 Å². The quantitative estimate of drug-likeness (QED) is 0.280. The van der Waals surface area contributed by atoms with E-state index in [9.17, 15) is 8.78 Å². The second kappa shape index (κ2) is 25.7. The van der Waals surface area contributed by atoms with Crippen molar-refractivity contribution in [3.63, 3.8) is 0 Å². The van der Waals surface area contributed by atoms with Gasteiger partial charge in [0, 0.05) is 0 Å². The standard InChI is InChI=1S/C2H2F2O2.C2H4O2.4Rf/c3-1(4)2(5)6;1-2(3)4;;;;/h5-6H;3-4H,1H2;;;;. The van der Waals surface area contributed by atoms with Gasteiger partial charge in [0.15, 0.2) is 0 Å². The fourth-order valence-electron chi connectivity index (χ4n) is 0. The van der Waals surface area contributed by atoms with Crippen molar-refractivity contribution >= 4 is 0 Å². The average molecular weight is 1220 g/mol. The zero-order valence-electron chi connectivity index (χ0n) is 7.58. The van der Waals surface area contributed by atoms with Gasteiger partial charge in [0.25, 0.3) is 5.95 Å². The molecule has 0 aliphatic carbocycles. The summed E-state index contributed by atoms with van der Waals surface area (Å²) in [5, 5.41) is 29.5. The predicted octanol–water partition coefficient (Wildman–Crippen LogP) is 1.74. The van der Waals surface area contributed by atoms with Crippen molar-refractivity contribution in [2.24, 2.45) is 0 Å². The van der Waals surface area contributed by atoms with E-state index in [-0.39, 0.29) is 0 Å². The summed E-state index contributed by atoms with van der Waals surface area (Å²) in [7, 11) is 0. The summed E-state index contributed by atoms with van der Waals surface area (Å²) in [6.07, 6.45) is -2.46. The maximum atomic E-state index is 10.5. The first-order valence-electron chi connectivity index (χ1n) is 1.88. The SMILES string of the molecule is C=C(O)O.OC(O)=C(F)F.[Rf].[Rf].[Rf].[Rf]. The molecule has 0 aromatic heterocycles. The van der Waals surface area contributed by atoms with Gasteiger partial charge >= 0.3 is 12.0 Å². The molecule has 0 radical (unpaired) electrons. The van der Waals surface area contributed by atoms with E-state index in [1.54, 1.807) is 0 Å². The Hall–Kier alpha value is -5.46. The van der Waals surface area contributed by atoms with E-state index in [4.69, 9.17) is 20.4 Å². The minimum absolute atomic E-state index is 0. The van der Waals surface area contributed by atoms with Crippen LogP contribution >= 0.6 is 0 Å². The Morgan fingerprint density at radius 3 is 0.857 bits per heavy atom. The number of aliphatic hydroxyl groups excluding tert-OH is 2. The van der Waals surface area contributed by atoms with Crippen LogP contribution in [0.25, 0.3) is 0 Å². The number of rotatable bonds is 0. The topological polar surface area (TPSA) is 80.9 Å². The smallest absolute Gasteiger partial charge is 0.349 e. The van der Waals surface area contributed by atoms with Gasteiger partial charge in [0.1, 0.15) is 0 Å². The van der Waals surface area contributed by atoms with Crippen molar-refractivity contribution in [2.75, 3.05) is 0 Å². The monoisotopic (exact) mass is 1220 g/mol. The van der Waals surface area contributed by atoms with Gasteiger partial charge in [-0.1, -0.05) is 0 Å². The van der Waals surface area contributed by atoms with Crippen molar-refractivity contribution in [1.82, 2.24) is 0 Å². The molecule has 0 aliphatic heterocycles. The summed E-state index contributed by atoms with van der Waals surface area (Å²) in [5.74, 6) is -2.74. The van der Waals surface area contributed by atoms with Crippen LogP contribution in [0.15, 0.2) is 24.6 Å². The van der Waals surface area contributed by atoms with E-state index in [1.807, 2.05) is 0 Å². The third kappa shape index (κ3) is 94.2. The minimum Gasteiger partial charge on any atom is -0.482 e. The number of hydrogen-bond donors (Lipinski definition) is 4. The molecule has 10 heteroatoms. The van der Waals surface area contributed by atoms with E-state index in [2.05, 4.69) is 6.58 Å². The van der Waals surface area contributed by atoms with Crippen LogP contribution in [0.2, 0.25) is 0 Å². The van der Waals surface area contributed by atoms with Crippen LogP contribution in [-0.2, 0) is 0 Å². The third-order valence-corrected chi connectivity index (χ3v) is 0.169. The minimum atomic E-state index is -2.46. The van der Waals surface area contributed by atoms with Gasteiger partial charge in [-0.2, -0.15) is 8.78 Å². The van der Waals surface area contributed by atoms with Crippen LogP contribution in [0.4, 0.5) is 8.78 Å². The van der Waals surface area contributed by atoms with Crippen molar-refractivity contribution in [2.45, 2.75) is 0 Å². The molecule has 4 N–H and O–H groups in total. The molecule has 0 aromatic carbocycles. The van der Waals surface area contributed by atoms with Gasteiger partial charge in [-0.25, -0.2) is 0 Å². The van der Waals surface area contributed by atoms with Crippen molar-refractivity contribution < 1.29 is 29.2 Å². The molecule has 0 rings (SSSR count). The van der Waals surface area contributed by atoms with Crippen LogP contribution in [0.1, 0.15) is 0 Å². The molecule has 68 valence electrons. The summed E-state index contributed by atoms with van der Waals surface area (Å²) in [6.45, 7) is 2.67. The van der Waals surface area contributed by atoms with Gasteiger partial charge in [-0.3, -0.25) is 0 Å². The third-order valence-electron chi connectivity index (χ3n) is 0.169. The Balaban J connectivity index is -0.0000000185. The maximum absolute atomic E-state index is 10.5. The molecule has 0 aliphatic rings. The fraction of sp³-hybridized carbons (Fsp3) is 0. The molecule has 0 saturated heterocycles. The Labute approximate surface area is 55.0 Å². The summed E-state index contributed by atoms with van der Waals surface area (Å²) in [4.78, 5) is 0. The van der Waals surface area contributed by atoms with E-state index in [1.165, 1.54) is 0 Å². The second-order valence-electron chi connectivity index (χ2n) is 1.00. The van der Waals surface area contributed by atoms with Gasteiger partial charge in [-0.15, -0.1) is 0 Å². The fourth-order valence-corrected chi connectivity index (χ4v) is 0. The van der Waals surface area contributed by atoms with E-state index in [0.29, 0.717) is 0 Å². The van der Waals surface area contributed by atoms with Crippen LogP contribution in [0.5, 0.6) is 0 Å². The van der Waals surface area contributed by atoms with Gasteiger partial charge in [-0.05, 0) is 6.58 Å². The molecule has 4 nitrogen and oxygen atoms in total. The molecular weight excluding hydrogens is 1220 g/mol. The molecule has 0 amide bonds. The van der Waals surface area contributed by atoms with E-state index >= 15 is 0 Å². The van der Waals surface area contributed by atoms with E-state index in [0.717, 1.165) is 0 Å².